The minimum Gasteiger partial charge on any atom is -0.491 e. The Morgan fingerprint density at radius 2 is 1.24 bits per heavy atom. The molecule has 0 aliphatic carbocycles. The summed E-state index contributed by atoms with van der Waals surface area (Å²) in [7, 11) is 0. The molecule has 2 N–H and O–H groups in total. The van der Waals surface area contributed by atoms with Crippen molar-refractivity contribution >= 4 is 11.9 Å². The highest BCUT2D eigenvalue weighted by molar-refractivity contribution is 5.87. The third kappa shape index (κ3) is 9.04. The average Bonchev–Trinajstić information content (AvgIpc) is 2.87. The largest absolute Gasteiger partial charge is 0.491 e. The molecule has 8 nitrogen and oxygen atoms in total. The number of aliphatic hydroxyl groups is 2. The van der Waals surface area contributed by atoms with Gasteiger partial charge in [-0.05, 0) is 61.7 Å². The number of carbonyl (C=O) groups is 2. The second-order valence-electron chi connectivity index (χ2n) is 9.81. The zero-order valence-corrected chi connectivity index (χ0v) is 22.8. The van der Waals surface area contributed by atoms with Gasteiger partial charge in [0.25, 0.3) is 0 Å². The van der Waals surface area contributed by atoms with Crippen molar-refractivity contribution in [3.05, 3.63) is 83.5 Å². The zero-order valence-electron chi connectivity index (χ0n) is 22.8. The van der Waals surface area contributed by atoms with Crippen molar-refractivity contribution in [2.45, 2.75) is 52.2 Å². The first-order valence-corrected chi connectivity index (χ1v) is 12.3. The molecule has 0 fully saturated rings. The molecule has 0 saturated carbocycles. The van der Waals surface area contributed by atoms with Crippen LogP contribution in [0.5, 0.6) is 11.5 Å². The lowest BCUT2D eigenvalue weighted by molar-refractivity contribution is -0.143. The van der Waals surface area contributed by atoms with Crippen LogP contribution in [0.1, 0.15) is 44.4 Å². The molecule has 0 aliphatic heterocycles. The molecular weight excluding hydrogens is 488 g/mol. The van der Waals surface area contributed by atoms with Crippen molar-refractivity contribution in [3.8, 4) is 11.5 Å². The van der Waals surface area contributed by atoms with E-state index in [0.29, 0.717) is 11.5 Å². The second kappa shape index (κ2) is 13.8. The van der Waals surface area contributed by atoms with Gasteiger partial charge in [0.05, 0.1) is 0 Å². The summed E-state index contributed by atoms with van der Waals surface area (Å²) >= 11 is 0. The van der Waals surface area contributed by atoms with Gasteiger partial charge in [-0.3, -0.25) is 0 Å². The number of carbonyl (C=O) groups excluding carboxylic acids is 2. The fourth-order valence-corrected chi connectivity index (χ4v) is 3.62. The molecule has 0 radical (unpaired) electrons. The molecule has 0 saturated heterocycles. The summed E-state index contributed by atoms with van der Waals surface area (Å²) in [4.78, 5) is 22.9. The first-order valence-electron chi connectivity index (χ1n) is 12.3. The molecule has 8 heteroatoms. The molecule has 2 aromatic rings. The van der Waals surface area contributed by atoms with Crippen LogP contribution in [-0.4, -0.2) is 60.8 Å². The van der Waals surface area contributed by atoms with E-state index < -0.39 is 24.1 Å². The number of aliphatic hydroxyl groups excluding tert-OH is 2. The van der Waals surface area contributed by atoms with E-state index in [9.17, 15) is 19.8 Å². The normalized spacial score (nSPS) is 12.7. The van der Waals surface area contributed by atoms with Gasteiger partial charge in [-0.15, -0.1) is 0 Å². The summed E-state index contributed by atoms with van der Waals surface area (Å²) in [5.41, 5.74) is 3.39. The molecule has 0 heterocycles. The summed E-state index contributed by atoms with van der Waals surface area (Å²) in [5.74, 6) is 0.0846. The number of rotatable bonds is 14. The van der Waals surface area contributed by atoms with E-state index in [1.54, 1.807) is 13.8 Å². The summed E-state index contributed by atoms with van der Waals surface area (Å²) in [6.45, 7) is 15.9. The maximum atomic E-state index is 11.4. The Hall–Kier alpha value is -3.62. The van der Waals surface area contributed by atoms with Gasteiger partial charge in [0, 0.05) is 16.6 Å². The Morgan fingerprint density at radius 3 is 1.68 bits per heavy atom. The molecule has 2 aromatic carbocycles. The number of esters is 2. The standard InChI is InChI=1S/C30H38O8/c1-19(2)28(33)37-17-23(31)15-35-25-10-8-22(9-11-25)30(6,7)27-13-12-26(14-21(27)5)36-16-24(32)18-38-29(34)20(3)4/h8-14,23-24,31-32H,1,3,15-18H2,2,4-7H3. The van der Waals surface area contributed by atoms with Crippen molar-refractivity contribution in [1.29, 1.82) is 0 Å². The van der Waals surface area contributed by atoms with E-state index in [-0.39, 0.29) is 43.0 Å². The van der Waals surface area contributed by atoms with Gasteiger partial charge < -0.3 is 29.2 Å². The van der Waals surface area contributed by atoms with E-state index in [2.05, 4.69) is 27.0 Å². The topological polar surface area (TPSA) is 112 Å². The van der Waals surface area contributed by atoms with Crippen LogP contribution in [0, 0.1) is 6.92 Å². The van der Waals surface area contributed by atoms with E-state index >= 15 is 0 Å². The first-order chi connectivity index (χ1) is 17.8. The van der Waals surface area contributed by atoms with E-state index in [1.165, 1.54) is 0 Å². The number of aryl methyl sites for hydroxylation is 1. The van der Waals surface area contributed by atoms with Crippen LogP contribution < -0.4 is 9.47 Å². The summed E-state index contributed by atoms with van der Waals surface area (Å²) in [6, 6.07) is 13.3. The number of benzene rings is 2. The lowest BCUT2D eigenvalue weighted by Gasteiger charge is -2.28. The molecule has 38 heavy (non-hydrogen) atoms. The summed E-state index contributed by atoms with van der Waals surface area (Å²) in [6.07, 6.45) is -1.91. The van der Waals surface area contributed by atoms with Gasteiger partial charge in [0.2, 0.25) is 0 Å². The van der Waals surface area contributed by atoms with Crippen molar-refractivity contribution in [1.82, 2.24) is 0 Å². The maximum Gasteiger partial charge on any atom is 0.333 e. The van der Waals surface area contributed by atoms with Gasteiger partial charge in [-0.1, -0.05) is 45.2 Å². The second-order valence-corrected chi connectivity index (χ2v) is 9.81. The van der Waals surface area contributed by atoms with E-state index in [0.717, 1.165) is 16.7 Å². The molecular formula is C30H38O8. The van der Waals surface area contributed by atoms with E-state index in [1.807, 2.05) is 49.4 Å². The highest BCUT2D eigenvalue weighted by atomic mass is 16.6. The van der Waals surface area contributed by atoms with Crippen LogP contribution in [0.4, 0.5) is 0 Å². The van der Waals surface area contributed by atoms with Crippen molar-refractivity contribution in [2.24, 2.45) is 0 Å². The predicted molar refractivity (Wildman–Crippen MR) is 144 cm³/mol. The lowest BCUT2D eigenvalue weighted by atomic mass is 9.76. The number of hydrogen-bond donors (Lipinski definition) is 2. The van der Waals surface area contributed by atoms with Gasteiger partial charge in [-0.2, -0.15) is 0 Å². The van der Waals surface area contributed by atoms with Crippen LogP contribution in [0.2, 0.25) is 0 Å². The third-order valence-electron chi connectivity index (χ3n) is 5.84. The number of ether oxygens (including phenoxy) is 4. The fraction of sp³-hybridized carbons (Fsp3) is 0.400. The molecule has 206 valence electrons. The monoisotopic (exact) mass is 526 g/mol. The Labute approximate surface area is 224 Å². The lowest BCUT2D eigenvalue weighted by Crippen LogP contribution is -2.25. The zero-order chi connectivity index (χ0) is 28.5. The minimum absolute atomic E-state index is 0.0157. The molecule has 2 atom stereocenters. The average molecular weight is 527 g/mol. The van der Waals surface area contributed by atoms with Gasteiger partial charge in [0.1, 0.15) is 50.1 Å². The molecule has 2 rings (SSSR count). The predicted octanol–water partition coefficient (Wildman–Crippen LogP) is 4.04. The van der Waals surface area contributed by atoms with Gasteiger partial charge >= 0.3 is 11.9 Å². The maximum absolute atomic E-state index is 11.4. The van der Waals surface area contributed by atoms with Crippen LogP contribution >= 0.6 is 0 Å². The first kappa shape index (κ1) is 30.6. The molecule has 0 aromatic heterocycles. The third-order valence-corrected chi connectivity index (χ3v) is 5.84. The molecule has 0 amide bonds. The molecule has 0 spiro atoms. The Kier molecular flexibility index (Phi) is 11.1. The van der Waals surface area contributed by atoms with Gasteiger partial charge in [0.15, 0.2) is 0 Å². The van der Waals surface area contributed by atoms with Crippen LogP contribution in [0.15, 0.2) is 66.8 Å². The Balaban J connectivity index is 1.95. The van der Waals surface area contributed by atoms with Crippen molar-refractivity contribution in [2.75, 3.05) is 26.4 Å². The smallest absolute Gasteiger partial charge is 0.333 e. The Morgan fingerprint density at radius 1 is 0.789 bits per heavy atom. The fourth-order valence-electron chi connectivity index (χ4n) is 3.62. The van der Waals surface area contributed by atoms with Crippen LogP contribution in [0.3, 0.4) is 0 Å². The summed E-state index contributed by atoms with van der Waals surface area (Å²) < 4.78 is 21.2. The highest BCUT2D eigenvalue weighted by Gasteiger charge is 2.25. The summed E-state index contributed by atoms with van der Waals surface area (Å²) in [5, 5.41) is 20.0. The van der Waals surface area contributed by atoms with Crippen molar-refractivity contribution in [3.63, 3.8) is 0 Å². The molecule has 0 aliphatic rings. The minimum atomic E-state index is -0.956. The molecule has 0 bridgehead atoms. The quantitative estimate of drug-likeness (QED) is 0.280. The van der Waals surface area contributed by atoms with Crippen molar-refractivity contribution < 1.29 is 38.7 Å². The number of hydrogen-bond acceptors (Lipinski definition) is 8. The van der Waals surface area contributed by atoms with Gasteiger partial charge in [-0.25, -0.2) is 9.59 Å². The Bertz CT molecular complexity index is 1130. The van der Waals surface area contributed by atoms with E-state index in [4.69, 9.17) is 18.9 Å². The highest BCUT2D eigenvalue weighted by Crippen LogP contribution is 2.35. The van der Waals surface area contributed by atoms with Crippen LogP contribution in [-0.2, 0) is 24.5 Å². The van der Waals surface area contributed by atoms with Crippen LogP contribution in [0.25, 0.3) is 0 Å². The molecule has 2 unspecified atom stereocenters. The SMILES string of the molecule is C=C(C)C(=O)OCC(O)COc1ccc(C(C)(C)c2ccc(OCC(O)COC(=O)C(=C)C)cc2C)cc1.